The number of nitrogens with two attached hydrogens (primary N) is 1. The lowest BCUT2D eigenvalue weighted by Crippen LogP contribution is -2.41. The van der Waals surface area contributed by atoms with Crippen molar-refractivity contribution in [2.45, 2.75) is 45.0 Å². The van der Waals surface area contributed by atoms with E-state index in [9.17, 15) is 18.4 Å². The Balaban J connectivity index is 2.39. The lowest BCUT2D eigenvalue weighted by Gasteiger charge is -2.14. The van der Waals surface area contributed by atoms with E-state index in [4.69, 9.17) is 5.73 Å². The molecule has 0 spiro atoms. The highest BCUT2D eigenvalue weighted by Crippen LogP contribution is 2.11. The fraction of sp³-hybridized carbons (Fsp3) is 0.529. The molecule has 0 saturated heterocycles. The molecule has 0 aromatic heterocycles. The molecule has 23 heavy (non-hydrogen) atoms. The van der Waals surface area contributed by atoms with Gasteiger partial charge in [0.2, 0.25) is 5.91 Å². The van der Waals surface area contributed by atoms with Crippen molar-refractivity contribution < 1.29 is 18.4 Å². The van der Waals surface area contributed by atoms with Crippen LogP contribution < -0.4 is 11.1 Å². The van der Waals surface area contributed by atoms with Gasteiger partial charge in [0.15, 0.2) is 5.78 Å². The third-order valence-electron chi connectivity index (χ3n) is 3.52. The monoisotopic (exact) mass is 326 g/mol. The maximum absolute atomic E-state index is 12.9. The third kappa shape index (κ3) is 7.32. The summed E-state index contributed by atoms with van der Waals surface area (Å²) in [5.74, 6) is -3.87. The maximum atomic E-state index is 12.9. The van der Waals surface area contributed by atoms with Gasteiger partial charge >= 0.3 is 0 Å². The zero-order valence-electron chi connectivity index (χ0n) is 13.4. The molecule has 0 aliphatic carbocycles. The van der Waals surface area contributed by atoms with E-state index in [1.165, 1.54) is 5.56 Å². The lowest BCUT2D eigenvalue weighted by molar-refractivity contribution is -0.122. The standard InChI is InChI=1S/C17H24F2N2O2/c1-2-3-4-13-5-7-14(8-6-13)15(22)9-10-16(23)21-12-17(18,19)11-20/h5-8H,2-4,9-12,20H2,1H3,(H,21,23). The predicted octanol–water partition coefficient (Wildman–Crippen LogP) is 2.70. The van der Waals surface area contributed by atoms with Crippen LogP contribution in [0.4, 0.5) is 8.78 Å². The van der Waals surface area contributed by atoms with Gasteiger partial charge in [-0.2, -0.15) is 0 Å². The van der Waals surface area contributed by atoms with Gasteiger partial charge in [0.05, 0.1) is 13.1 Å². The highest BCUT2D eigenvalue weighted by molar-refractivity contribution is 5.97. The van der Waals surface area contributed by atoms with Gasteiger partial charge in [-0.3, -0.25) is 9.59 Å². The average Bonchev–Trinajstić information content (AvgIpc) is 2.56. The van der Waals surface area contributed by atoms with Crippen molar-refractivity contribution in [3.63, 3.8) is 0 Å². The van der Waals surface area contributed by atoms with Gasteiger partial charge in [0.25, 0.3) is 5.92 Å². The fourth-order valence-electron chi connectivity index (χ4n) is 2.00. The Labute approximate surface area is 135 Å². The van der Waals surface area contributed by atoms with Crippen LogP contribution in [0.1, 0.15) is 48.5 Å². The van der Waals surface area contributed by atoms with Gasteiger partial charge in [0, 0.05) is 18.4 Å². The Morgan fingerprint density at radius 3 is 2.39 bits per heavy atom. The number of unbranched alkanes of at least 4 members (excludes halogenated alkanes) is 1. The lowest BCUT2D eigenvalue weighted by atomic mass is 10.0. The number of nitrogens with one attached hydrogen (secondary N) is 1. The third-order valence-corrected chi connectivity index (χ3v) is 3.52. The molecule has 6 heteroatoms. The van der Waals surface area contributed by atoms with Crippen LogP contribution in [0.2, 0.25) is 0 Å². The number of Topliss-reactive ketones (excluding diaryl/α,β-unsaturated/α-hetero) is 1. The van der Waals surface area contributed by atoms with Gasteiger partial charge in [-0.25, -0.2) is 8.78 Å². The molecule has 1 aromatic rings. The Bertz CT molecular complexity index is 516. The van der Waals surface area contributed by atoms with E-state index in [2.05, 4.69) is 12.2 Å². The molecule has 1 aromatic carbocycles. The summed E-state index contributed by atoms with van der Waals surface area (Å²) in [6.07, 6.45) is 3.06. The summed E-state index contributed by atoms with van der Waals surface area (Å²) in [6.45, 7) is 0.492. The van der Waals surface area contributed by atoms with Gasteiger partial charge in [-0.15, -0.1) is 0 Å². The molecular weight excluding hydrogens is 302 g/mol. The molecule has 0 heterocycles. The summed E-state index contributed by atoms with van der Waals surface area (Å²) in [6, 6.07) is 7.30. The molecule has 128 valence electrons. The van der Waals surface area contributed by atoms with Crippen LogP contribution in [0, 0.1) is 0 Å². The van der Waals surface area contributed by atoms with Crippen LogP contribution in [0.15, 0.2) is 24.3 Å². The zero-order valence-corrected chi connectivity index (χ0v) is 13.4. The number of rotatable bonds is 10. The second-order valence-corrected chi connectivity index (χ2v) is 5.56. The highest BCUT2D eigenvalue weighted by Gasteiger charge is 2.27. The van der Waals surface area contributed by atoms with Gasteiger partial charge in [-0.1, -0.05) is 37.6 Å². The van der Waals surface area contributed by atoms with Crippen molar-refractivity contribution in [1.29, 1.82) is 0 Å². The summed E-state index contributed by atoms with van der Waals surface area (Å²) in [5.41, 5.74) is 6.58. The number of hydrogen-bond donors (Lipinski definition) is 2. The second kappa shape index (κ2) is 9.35. The number of amides is 1. The van der Waals surface area contributed by atoms with Gasteiger partial charge in [-0.05, 0) is 18.4 Å². The van der Waals surface area contributed by atoms with Crippen LogP contribution in [-0.4, -0.2) is 30.7 Å². The number of carbonyl (C=O) groups is 2. The van der Waals surface area contributed by atoms with Crippen LogP contribution in [0.3, 0.4) is 0 Å². The summed E-state index contributed by atoms with van der Waals surface area (Å²) in [4.78, 5) is 23.5. The van der Waals surface area contributed by atoms with E-state index in [0.29, 0.717) is 5.56 Å². The van der Waals surface area contributed by atoms with E-state index in [1.54, 1.807) is 12.1 Å². The van der Waals surface area contributed by atoms with Crippen molar-refractivity contribution in [1.82, 2.24) is 5.32 Å². The van der Waals surface area contributed by atoms with Crippen LogP contribution >= 0.6 is 0 Å². The van der Waals surface area contributed by atoms with Crippen LogP contribution in [0.5, 0.6) is 0 Å². The van der Waals surface area contributed by atoms with E-state index < -0.39 is 24.9 Å². The van der Waals surface area contributed by atoms with Crippen molar-refractivity contribution in [3.8, 4) is 0 Å². The molecule has 0 radical (unpaired) electrons. The minimum absolute atomic E-state index is 0.00562. The summed E-state index contributed by atoms with van der Waals surface area (Å²) in [5, 5.41) is 2.09. The first-order valence-corrected chi connectivity index (χ1v) is 7.84. The summed E-state index contributed by atoms with van der Waals surface area (Å²) in [7, 11) is 0. The van der Waals surface area contributed by atoms with Crippen molar-refractivity contribution in [2.24, 2.45) is 5.73 Å². The quantitative estimate of drug-likeness (QED) is 0.649. The molecule has 0 unspecified atom stereocenters. The van der Waals surface area contributed by atoms with E-state index >= 15 is 0 Å². The fourth-order valence-corrected chi connectivity index (χ4v) is 2.00. The maximum Gasteiger partial charge on any atom is 0.277 e. The Morgan fingerprint density at radius 2 is 1.83 bits per heavy atom. The molecular formula is C17H24F2N2O2. The number of hydrogen-bond acceptors (Lipinski definition) is 3. The largest absolute Gasteiger partial charge is 0.350 e. The zero-order chi connectivity index (χ0) is 17.3. The molecule has 0 aliphatic rings. The molecule has 1 rings (SSSR count). The number of aryl methyl sites for hydroxylation is 1. The second-order valence-electron chi connectivity index (χ2n) is 5.56. The Kier molecular flexibility index (Phi) is 7.81. The molecule has 4 nitrogen and oxygen atoms in total. The molecule has 1 amide bonds. The number of carbonyl (C=O) groups excluding carboxylic acids is 2. The smallest absolute Gasteiger partial charge is 0.277 e. The average molecular weight is 326 g/mol. The highest BCUT2D eigenvalue weighted by atomic mass is 19.3. The van der Waals surface area contributed by atoms with E-state index in [-0.39, 0.29) is 18.6 Å². The summed E-state index contributed by atoms with van der Waals surface area (Å²) >= 11 is 0. The Hall–Kier alpha value is -1.82. The van der Waals surface area contributed by atoms with Crippen molar-refractivity contribution in [3.05, 3.63) is 35.4 Å². The molecule has 0 atom stereocenters. The molecule has 0 bridgehead atoms. The van der Waals surface area contributed by atoms with Gasteiger partial charge in [0.1, 0.15) is 0 Å². The van der Waals surface area contributed by atoms with E-state index in [1.807, 2.05) is 12.1 Å². The number of halogens is 2. The molecule has 0 saturated carbocycles. The number of ketones is 1. The number of alkyl halides is 2. The minimum atomic E-state index is -3.12. The van der Waals surface area contributed by atoms with Crippen molar-refractivity contribution in [2.75, 3.05) is 13.1 Å². The Morgan fingerprint density at radius 1 is 1.17 bits per heavy atom. The first-order valence-electron chi connectivity index (χ1n) is 7.84. The molecule has 3 N–H and O–H groups in total. The molecule has 0 aliphatic heterocycles. The normalized spacial score (nSPS) is 11.3. The SMILES string of the molecule is CCCCc1ccc(C(=O)CCC(=O)NCC(F)(F)CN)cc1. The first kappa shape index (κ1) is 19.2. The van der Waals surface area contributed by atoms with Crippen LogP contribution in [-0.2, 0) is 11.2 Å². The predicted molar refractivity (Wildman–Crippen MR) is 85.6 cm³/mol. The summed E-state index contributed by atoms with van der Waals surface area (Å²) < 4.78 is 25.8. The van der Waals surface area contributed by atoms with Gasteiger partial charge < -0.3 is 11.1 Å². The van der Waals surface area contributed by atoms with E-state index in [0.717, 1.165) is 19.3 Å². The number of benzene rings is 1. The first-order chi connectivity index (χ1) is 10.9. The van der Waals surface area contributed by atoms with Crippen LogP contribution in [0.25, 0.3) is 0 Å². The topological polar surface area (TPSA) is 72.2 Å². The molecule has 0 fully saturated rings. The minimum Gasteiger partial charge on any atom is -0.350 e. The van der Waals surface area contributed by atoms with Crippen molar-refractivity contribution >= 4 is 11.7 Å².